The Bertz CT molecular complexity index is 1060. The fourth-order valence-electron chi connectivity index (χ4n) is 3.91. The van der Waals surface area contributed by atoms with E-state index < -0.39 is 41.1 Å². The van der Waals surface area contributed by atoms with Gasteiger partial charge < -0.3 is 25.4 Å². The number of nitrogens with zero attached hydrogens (tertiary/aromatic N) is 1. The predicted octanol–water partition coefficient (Wildman–Crippen LogP) is 4.72. The molecule has 0 bridgehead atoms. The van der Waals surface area contributed by atoms with Crippen molar-refractivity contribution in [2.24, 2.45) is 0 Å². The van der Waals surface area contributed by atoms with Gasteiger partial charge in [-0.25, -0.2) is 4.79 Å². The van der Waals surface area contributed by atoms with Crippen molar-refractivity contribution in [2.45, 2.75) is 84.5 Å². The molecule has 0 spiro atoms. The Morgan fingerprint density at radius 3 is 2.08 bits per heavy atom. The fraction of sp³-hybridized carbons (Fsp3) is 0.483. The molecule has 0 aliphatic heterocycles. The first-order valence-electron chi connectivity index (χ1n) is 12.7. The molecule has 0 aromatic heterocycles. The Morgan fingerprint density at radius 1 is 0.946 bits per heavy atom. The number of para-hydroxylation sites is 1. The van der Waals surface area contributed by atoms with Gasteiger partial charge in [0.2, 0.25) is 11.8 Å². The average Bonchev–Trinajstić information content (AvgIpc) is 2.77. The number of benzene rings is 2. The molecular formula is C29H41N3O5. The topological polar surface area (TPSA) is 108 Å². The smallest absolute Gasteiger partial charge is 0.408 e. The van der Waals surface area contributed by atoms with Crippen molar-refractivity contribution in [3.05, 3.63) is 65.7 Å². The van der Waals surface area contributed by atoms with E-state index in [1.54, 1.807) is 39.0 Å². The molecule has 202 valence electrons. The summed E-state index contributed by atoms with van der Waals surface area (Å²) in [5, 5.41) is 16.3. The van der Waals surface area contributed by atoms with Crippen LogP contribution in [0.25, 0.3) is 0 Å². The molecule has 0 aliphatic carbocycles. The number of hydrogen-bond acceptors (Lipinski definition) is 5. The number of rotatable bonds is 9. The van der Waals surface area contributed by atoms with Crippen LogP contribution in [0.3, 0.4) is 0 Å². The van der Waals surface area contributed by atoms with Crippen LogP contribution in [0.15, 0.2) is 54.6 Å². The molecule has 2 rings (SSSR count). The molecule has 0 aliphatic rings. The maximum atomic E-state index is 14.1. The first-order chi connectivity index (χ1) is 17.2. The van der Waals surface area contributed by atoms with Crippen molar-refractivity contribution in [1.82, 2.24) is 15.5 Å². The van der Waals surface area contributed by atoms with Crippen molar-refractivity contribution >= 4 is 17.9 Å². The Labute approximate surface area is 220 Å². The van der Waals surface area contributed by atoms with Gasteiger partial charge in [-0.15, -0.1) is 0 Å². The first kappa shape index (κ1) is 29.7. The van der Waals surface area contributed by atoms with Crippen LogP contribution in [0.2, 0.25) is 0 Å². The van der Waals surface area contributed by atoms with E-state index in [9.17, 15) is 19.5 Å². The van der Waals surface area contributed by atoms with Gasteiger partial charge in [0, 0.05) is 24.1 Å². The van der Waals surface area contributed by atoms with Gasteiger partial charge in [0.15, 0.2) is 0 Å². The summed E-state index contributed by atoms with van der Waals surface area (Å²) in [6.07, 6.45) is 0.0351. The molecule has 0 saturated carbocycles. The van der Waals surface area contributed by atoms with Crippen LogP contribution in [0.4, 0.5) is 4.79 Å². The standard InChI is InChI=1S/C29H41N3O5/c1-8-18-32(24(25(34)31-28(2,3)4)21-16-12-13-17-23(21)33)26(35)22(19-20-14-10-9-11-15-20)30-27(36)37-29(5,6)7/h9-17,22,24,33H,8,18-19H2,1-7H3,(H,30,36)(H,31,34). The summed E-state index contributed by atoms with van der Waals surface area (Å²) in [5.41, 5.74) is -0.175. The van der Waals surface area contributed by atoms with Crippen LogP contribution in [-0.4, -0.2) is 51.6 Å². The van der Waals surface area contributed by atoms with E-state index in [0.29, 0.717) is 12.0 Å². The Hall–Kier alpha value is -3.55. The predicted molar refractivity (Wildman–Crippen MR) is 144 cm³/mol. The molecule has 3 amide bonds. The molecule has 8 heteroatoms. The highest BCUT2D eigenvalue weighted by atomic mass is 16.6. The van der Waals surface area contributed by atoms with Gasteiger partial charge in [-0.3, -0.25) is 9.59 Å². The molecule has 0 saturated heterocycles. The SMILES string of the molecule is CCCN(C(=O)C(Cc1ccccc1)NC(=O)OC(C)(C)C)C(C(=O)NC(C)(C)C)c1ccccc1O. The number of phenolic OH excluding ortho intramolecular Hbond substituents is 1. The van der Waals surface area contributed by atoms with Crippen LogP contribution in [0.1, 0.15) is 72.1 Å². The van der Waals surface area contributed by atoms with Crippen molar-refractivity contribution in [3.8, 4) is 5.75 Å². The maximum absolute atomic E-state index is 14.1. The number of ether oxygens (including phenoxy) is 1. The van der Waals surface area contributed by atoms with Crippen molar-refractivity contribution in [2.75, 3.05) is 6.54 Å². The van der Waals surface area contributed by atoms with E-state index in [-0.39, 0.29) is 18.7 Å². The number of alkyl carbamates (subject to hydrolysis) is 1. The van der Waals surface area contributed by atoms with Crippen LogP contribution in [0.5, 0.6) is 5.75 Å². The minimum atomic E-state index is -1.11. The molecule has 0 heterocycles. The van der Waals surface area contributed by atoms with Crippen molar-refractivity contribution < 1.29 is 24.2 Å². The summed E-state index contributed by atoms with van der Waals surface area (Å²) in [5.74, 6) is -0.967. The number of amides is 3. The molecule has 3 N–H and O–H groups in total. The average molecular weight is 512 g/mol. The summed E-state index contributed by atoms with van der Waals surface area (Å²) in [6.45, 7) is 12.9. The molecule has 2 aromatic carbocycles. The largest absolute Gasteiger partial charge is 0.508 e. The summed E-state index contributed by atoms with van der Waals surface area (Å²) in [6, 6.07) is 13.7. The van der Waals surface area contributed by atoms with E-state index in [1.165, 1.54) is 11.0 Å². The second-order valence-corrected chi connectivity index (χ2v) is 11.1. The van der Waals surface area contributed by atoms with E-state index >= 15 is 0 Å². The molecule has 8 nitrogen and oxygen atoms in total. The highest BCUT2D eigenvalue weighted by Gasteiger charge is 2.38. The van der Waals surface area contributed by atoms with Gasteiger partial charge in [0.1, 0.15) is 23.4 Å². The van der Waals surface area contributed by atoms with Crippen LogP contribution < -0.4 is 10.6 Å². The number of aromatic hydroxyl groups is 1. The number of carbonyl (C=O) groups is 3. The van der Waals surface area contributed by atoms with Gasteiger partial charge >= 0.3 is 6.09 Å². The lowest BCUT2D eigenvalue weighted by molar-refractivity contribution is -0.143. The normalized spacial score (nSPS) is 13.3. The summed E-state index contributed by atoms with van der Waals surface area (Å²) in [7, 11) is 0. The zero-order valence-corrected chi connectivity index (χ0v) is 23.0. The maximum Gasteiger partial charge on any atom is 0.408 e. The summed E-state index contributed by atoms with van der Waals surface area (Å²) < 4.78 is 5.43. The second kappa shape index (κ2) is 12.6. The highest BCUT2D eigenvalue weighted by molar-refractivity contribution is 5.93. The minimum absolute atomic E-state index is 0.0924. The summed E-state index contributed by atoms with van der Waals surface area (Å²) in [4.78, 5) is 41.9. The zero-order valence-electron chi connectivity index (χ0n) is 23.0. The van der Waals surface area contributed by atoms with E-state index in [1.807, 2.05) is 58.0 Å². The monoisotopic (exact) mass is 511 g/mol. The second-order valence-electron chi connectivity index (χ2n) is 11.1. The van der Waals surface area contributed by atoms with Crippen LogP contribution >= 0.6 is 0 Å². The van der Waals surface area contributed by atoms with Gasteiger partial charge in [-0.2, -0.15) is 0 Å². The summed E-state index contributed by atoms with van der Waals surface area (Å²) >= 11 is 0. The van der Waals surface area contributed by atoms with Crippen LogP contribution in [0, 0.1) is 0 Å². The molecule has 0 fully saturated rings. The molecular weight excluding hydrogens is 470 g/mol. The van der Waals surface area contributed by atoms with Gasteiger partial charge in [0.05, 0.1) is 0 Å². The number of phenols is 1. The minimum Gasteiger partial charge on any atom is -0.508 e. The Morgan fingerprint density at radius 2 is 1.54 bits per heavy atom. The molecule has 2 unspecified atom stereocenters. The molecule has 2 atom stereocenters. The Balaban J connectivity index is 2.54. The third kappa shape index (κ3) is 9.44. The van der Waals surface area contributed by atoms with Crippen molar-refractivity contribution in [1.29, 1.82) is 0 Å². The number of hydrogen-bond donors (Lipinski definition) is 3. The van der Waals surface area contributed by atoms with Gasteiger partial charge in [0.25, 0.3) is 0 Å². The first-order valence-corrected chi connectivity index (χ1v) is 12.7. The lowest BCUT2D eigenvalue weighted by Crippen LogP contribution is -2.55. The zero-order chi connectivity index (χ0) is 27.8. The quantitative estimate of drug-likeness (QED) is 0.451. The van der Waals surface area contributed by atoms with Crippen LogP contribution in [-0.2, 0) is 20.7 Å². The lowest BCUT2D eigenvalue weighted by Gasteiger charge is -2.36. The van der Waals surface area contributed by atoms with E-state index in [0.717, 1.165) is 5.56 Å². The lowest BCUT2D eigenvalue weighted by atomic mass is 9.98. The van der Waals surface area contributed by atoms with E-state index in [4.69, 9.17) is 4.74 Å². The third-order valence-corrected chi connectivity index (χ3v) is 5.31. The van der Waals surface area contributed by atoms with Gasteiger partial charge in [-0.05, 0) is 59.6 Å². The highest BCUT2D eigenvalue weighted by Crippen LogP contribution is 2.30. The van der Waals surface area contributed by atoms with Gasteiger partial charge in [-0.1, -0.05) is 55.5 Å². The molecule has 0 radical (unpaired) electrons. The number of nitrogens with one attached hydrogen (secondary N) is 2. The third-order valence-electron chi connectivity index (χ3n) is 5.31. The van der Waals surface area contributed by atoms with Crippen molar-refractivity contribution in [3.63, 3.8) is 0 Å². The van der Waals surface area contributed by atoms with E-state index in [2.05, 4.69) is 10.6 Å². The Kier molecular flexibility index (Phi) is 10.1. The molecule has 37 heavy (non-hydrogen) atoms. The molecule has 2 aromatic rings. The fourth-order valence-corrected chi connectivity index (χ4v) is 3.91. The number of carbonyl (C=O) groups excluding carboxylic acids is 3.